The number of carbonyl (C=O) groups is 2. The Morgan fingerprint density at radius 3 is 2.65 bits per heavy atom. The average Bonchev–Trinajstić information content (AvgIpc) is 2.45. The molecule has 0 radical (unpaired) electrons. The van der Waals surface area contributed by atoms with Crippen molar-refractivity contribution in [3.05, 3.63) is 59.4 Å². The number of hydrogen-bond donors (Lipinski definition) is 2. The van der Waals surface area contributed by atoms with Gasteiger partial charge in [0.05, 0.1) is 11.8 Å². The summed E-state index contributed by atoms with van der Waals surface area (Å²) in [5.74, 6) is -2.41. The van der Waals surface area contributed by atoms with Gasteiger partial charge in [-0.1, -0.05) is 6.07 Å². The molecule has 2 aromatic rings. The summed E-state index contributed by atoms with van der Waals surface area (Å²) in [7, 11) is 0. The molecule has 2 rings (SSSR count). The van der Waals surface area contributed by atoms with Crippen LogP contribution in [0.15, 0.2) is 36.8 Å². The van der Waals surface area contributed by atoms with E-state index in [0.717, 1.165) is 6.20 Å². The summed E-state index contributed by atoms with van der Waals surface area (Å²) in [6.07, 6.45) is 3.62. The van der Waals surface area contributed by atoms with Crippen LogP contribution in [0.2, 0.25) is 0 Å². The zero-order valence-corrected chi connectivity index (χ0v) is 10.2. The fourth-order valence-electron chi connectivity index (χ4n) is 1.49. The monoisotopic (exact) mass is 275 g/mol. The van der Waals surface area contributed by atoms with E-state index in [1.165, 1.54) is 30.6 Å². The minimum Gasteiger partial charge on any atom is -0.477 e. The Morgan fingerprint density at radius 1 is 1.25 bits per heavy atom. The zero-order chi connectivity index (χ0) is 14.5. The third-order valence-corrected chi connectivity index (χ3v) is 2.51. The molecule has 102 valence electrons. The normalized spacial score (nSPS) is 10.1. The second kappa shape index (κ2) is 5.87. The molecule has 0 bridgehead atoms. The van der Waals surface area contributed by atoms with E-state index in [0.29, 0.717) is 5.56 Å². The number of pyridine rings is 2. The molecule has 6 nitrogen and oxygen atoms in total. The number of aromatic carboxylic acids is 1. The summed E-state index contributed by atoms with van der Waals surface area (Å²) in [5.41, 5.74) is 0.424. The first-order valence-corrected chi connectivity index (χ1v) is 5.64. The number of amides is 1. The van der Waals surface area contributed by atoms with Crippen LogP contribution < -0.4 is 5.32 Å². The van der Waals surface area contributed by atoms with Crippen LogP contribution in [0.4, 0.5) is 4.39 Å². The SMILES string of the molecule is O=C(O)c1ccc(CNC(=O)c2ccncc2F)cn1. The number of aromatic nitrogens is 2. The number of nitrogens with one attached hydrogen (secondary N) is 1. The Labute approximate surface area is 113 Å². The average molecular weight is 275 g/mol. The molecule has 1 amide bonds. The lowest BCUT2D eigenvalue weighted by Crippen LogP contribution is -2.24. The molecule has 0 spiro atoms. The molecule has 0 aliphatic rings. The highest BCUT2D eigenvalue weighted by Gasteiger charge is 2.11. The van der Waals surface area contributed by atoms with Gasteiger partial charge in [-0.05, 0) is 17.7 Å². The van der Waals surface area contributed by atoms with Crippen LogP contribution in [0.25, 0.3) is 0 Å². The lowest BCUT2D eigenvalue weighted by atomic mass is 10.2. The number of carbonyl (C=O) groups excluding carboxylic acids is 1. The minimum atomic E-state index is -1.13. The van der Waals surface area contributed by atoms with Gasteiger partial charge >= 0.3 is 5.97 Å². The Bertz CT molecular complexity index is 644. The van der Waals surface area contributed by atoms with E-state index in [2.05, 4.69) is 15.3 Å². The highest BCUT2D eigenvalue weighted by Crippen LogP contribution is 2.05. The smallest absolute Gasteiger partial charge is 0.354 e. The molecule has 0 aromatic carbocycles. The quantitative estimate of drug-likeness (QED) is 0.875. The first-order chi connectivity index (χ1) is 9.58. The van der Waals surface area contributed by atoms with Gasteiger partial charge in [0.25, 0.3) is 5.91 Å². The molecule has 20 heavy (non-hydrogen) atoms. The molecule has 2 heterocycles. The molecule has 0 fully saturated rings. The fourth-order valence-corrected chi connectivity index (χ4v) is 1.49. The van der Waals surface area contributed by atoms with Gasteiger partial charge in [-0.15, -0.1) is 0 Å². The lowest BCUT2D eigenvalue weighted by molar-refractivity contribution is 0.0690. The van der Waals surface area contributed by atoms with Crippen molar-refractivity contribution in [3.8, 4) is 0 Å². The number of carboxylic acid groups (broad SMARTS) is 1. The molecule has 0 aliphatic heterocycles. The highest BCUT2D eigenvalue weighted by atomic mass is 19.1. The Morgan fingerprint density at radius 2 is 2.05 bits per heavy atom. The van der Waals surface area contributed by atoms with Gasteiger partial charge in [0.2, 0.25) is 0 Å². The molecule has 0 saturated carbocycles. The predicted octanol–water partition coefficient (Wildman–Crippen LogP) is 1.24. The third kappa shape index (κ3) is 3.14. The molecule has 7 heteroatoms. The largest absolute Gasteiger partial charge is 0.477 e. The molecule has 0 saturated heterocycles. The van der Waals surface area contributed by atoms with Crippen LogP contribution in [0, 0.1) is 5.82 Å². The van der Waals surface area contributed by atoms with E-state index in [4.69, 9.17) is 5.11 Å². The molecule has 0 atom stereocenters. The second-order valence-electron chi connectivity index (χ2n) is 3.90. The maximum Gasteiger partial charge on any atom is 0.354 e. The van der Waals surface area contributed by atoms with Crippen LogP contribution in [-0.2, 0) is 6.54 Å². The van der Waals surface area contributed by atoms with Crippen LogP contribution in [0.1, 0.15) is 26.4 Å². The van der Waals surface area contributed by atoms with Crippen molar-refractivity contribution in [3.63, 3.8) is 0 Å². The Kier molecular flexibility index (Phi) is 3.99. The number of carboxylic acids is 1. The Balaban J connectivity index is 2.00. The summed E-state index contributed by atoms with van der Waals surface area (Å²) >= 11 is 0. The van der Waals surface area contributed by atoms with E-state index in [1.807, 2.05) is 0 Å². The van der Waals surface area contributed by atoms with E-state index < -0.39 is 17.7 Å². The molecule has 0 unspecified atom stereocenters. The van der Waals surface area contributed by atoms with Gasteiger partial charge in [-0.2, -0.15) is 0 Å². The lowest BCUT2D eigenvalue weighted by Gasteiger charge is -2.05. The summed E-state index contributed by atoms with van der Waals surface area (Å²) in [6, 6.07) is 4.13. The number of hydrogen-bond acceptors (Lipinski definition) is 4. The first kappa shape index (κ1) is 13.6. The van der Waals surface area contributed by atoms with E-state index >= 15 is 0 Å². The van der Waals surface area contributed by atoms with E-state index in [1.54, 1.807) is 0 Å². The summed E-state index contributed by atoms with van der Waals surface area (Å²) in [5, 5.41) is 11.2. The number of halogens is 1. The molecule has 2 aromatic heterocycles. The van der Waals surface area contributed by atoms with Gasteiger partial charge in [0, 0.05) is 18.9 Å². The van der Waals surface area contributed by atoms with Crippen LogP contribution >= 0.6 is 0 Å². The van der Waals surface area contributed by atoms with Crippen LogP contribution in [-0.4, -0.2) is 27.0 Å². The third-order valence-electron chi connectivity index (χ3n) is 2.51. The molecule has 0 aliphatic carbocycles. The molecule has 2 N–H and O–H groups in total. The maximum atomic E-state index is 13.3. The summed E-state index contributed by atoms with van der Waals surface area (Å²) in [6.45, 7) is 0.119. The van der Waals surface area contributed by atoms with Gasteiger partial charge < -0.3 is 10.4 Å². The van der Waals surface area contributed by atoms with Crippen molar-refractivity contribution in [2.24, 2.45) is 0 Å². The zero-order valence-electron chi connectivity index (χ0n) is 10.2. The summed E-state index contributed by atoms with van der Waals surface area (Å²) < 4.78 is 13.3. The summed E-state index contributed by atoms with van der Waals surface area (Å²) in [4.78, 5) is 29.6. The molecular formula is C13H10FN3O3. The van der Waals surface area contributed by atoms with Gasteiger partial charge in [-0.25, -0.2) is 14.2 Å². The van der Waals surface area contributed by atoms with Crippen molar-refractivity contribution in [1.82, 2.24) is 15.3 Å². The van der Waals surface area contributed by atoms with Gasteiger partial charge in [-0.3, -0.25) is 9.78 Å². The van der Waals surface area contributed by atoms with Gasteiger partial charge in [0.1, 0.15) is 5.69 Å². The highest BCUT2D eigenvalue weighted by molar-refractivity contribution is 5.94. The van der Waals surface area contributed by atoms with Crippen molar-refractivity contribution in [1.29, 1.82) is 0 Å². The number of nitrogens with zero attached hydrogens (tertiary/aromatic N) is 2. The minimum absolute atomic E-state index is 0.0831. The topological polar surface area (TPSA) is 92.2 Å². The Hall–Kier alpha value is -2.83. The maximum absolute atomic E-state index is 13.3. The fraction of sp³-hybridized carbons (Fsp3) is 0.0769. The van der Waals surface area contributed by atoms with Crippen molar-refractivity contribution >= 4 is 11.9 Å². The predicted molar refractivity (Wildman–Crippen MR) is 66.6 cm³/mol. The molecular weight excluding hydrogens is 265 g/mol. The van der Waals surface area contributed by atoms with Crippen molar-refractivity contribution < 1.29 is 19.1 Å². The number of rotatable bonds is 4. The first-order valence-electron chi connectivity index (χ1n) is 5.64. The van der Waals surface area contributed by atoms with Crippen molar-refractivity contribution in [2.75, 3.05) is 0 Å². The van der Waals surface area contributed by atoms with Crippen LogP contribution in [0.5, 0.6) is 0 Å². The van der Waals surface area contributed by atoms with E-state index in [9.17, 15) is 14.0 Å². The standard InChI is InChI=1S/C13H10FN3O3/c14-10-7-15-4-3-9(10)12(18)17-6-8-1-2-11(13(19)20)16-5-8/h1-5,7H,6H2,(H,17,18)(H,19,20). The van der Waals surface area contributed by atoms with Crippen LogP contribution in [0.3, 0.4) is 0 Å². The second-order valence-corrected chi connectivity index (χ2v) is 3.90. The van der Waals surface area contributed by atoms with Gasteiger partial charge in [0.15, 0.2) is 5.82 Å². The van der Waals surface area contributed by atoms with Crippen molar-refractivity contribution in [2.45, 2.75) is 6.54 Å². The van der Waals surface area contributed by atoms with E-state index in [-0.39, 0.29) is 17.8 Å².